The van der Waals surface area contributed by atoms with Crippen molar-refractivity contribution < 1.29 is 4.79 Å². The monoisotopic (exact) mass is 255 g/mol. The van der Waals surface area contributed by atoms with E-state index in [1.807, 2.05) is 42.1 Å². The Morgan fingerprint density at radius 1 is 1.37 bits per heavy atom. The van der Waals surface area contributed by atoms with E-state index in [-0.39, 0.29) is 5.91 Å². The fourth-order valence-electron chi connectivity index (χ4n) is 2.44. The Hall–Kier alpha value is -2.23. The number of anilines is 2. The predicted molar refractivity (Wildman–Crippen MR) is 76.6 cm³/mol. The molecule has 0 unspecified atom stereocenters. The molecule has 0 radical (unpaired) electrons. The molecule has 3 rings (SSSR count). The number of hydrogen-bond acceptors (Lipinski definition) is 2. The number of benzene rings is 1. The first-order valence-electron chi connectivity index (χ1n) is 6.53. The molecule has 2 N–H and O–H groups in total. The maximum atomic E-state index is 12.1. The van der Waals surface area contributed by atoms with Crippen LogP contribution in [0.25, 0.3) is 0 Å². The van der Waals surface area contributed by atoms with Gasteiger partial charge in [0.2, 0.25) is 0 Å². The van der Waals surface area contributed by atoms with Crippen LogP contribution in [0.3, 0.4) is 0 Å². The van der Waals surface area contributed by atoms with Gasteiger partial charge in [0.05, 0.1) is 0 Å². The summed E-state index contributed by atoms with van der Waals surface area (Å²) in [7, 11) is 1.87. The van der Waals surface area contributed by atoms with Crippen molar-refractivity contribution in [2.24, 2.45) is 7.05 Å². The molecule has 0 spiro atoms. The van der Waals surface area contributed by atoms with Crippen molar-refractivity contribution in [3.05, 3.63) is 47.8 Å². The van der Waals surface area contributed by atoms with Gasteiger partial charge in [-0.05, 0) is 48.7 Å². The summed E-state index contributed by atoms with van der Waals surface area (Å²) in [5, 5.41) is 6.31. The van der Waals surface area contributed by atoms with Gasteiger partial charge in [-0.15, -0.1) is 0 Å². The Kier molecular flexibility index (Phi) is 2.99. The van der Waals surface area contributed by atoms with Crippen molar-refractivity contribution in [1.82, 2.24) is 4.57 Å². The molecule has 1 aromatic heterocycles. The van der Waals surface area contributed by atoms with E-state index < -0.39 is 0 Å². The molecule has 0 saturated carbocycles. The summed E-state index contributed by atoms with van der Waals surface area (Å²) in [5.41, 5.74) is 3.98. The van der Waals surface area contributed by atoms with Gasteiger partial charge in [-0.2, -0.15) is 0 Å². The average molecular weight is 255 g/mol. The zero-order chi connectivity index (χ0) is 13.2. The number of aromatic nitrogens is 1. The lowest BCUT2D eigenvalue weighted by atomic mass is 10.0. The van der Waals surface area contributed by atoms with Crippen molar-refractivity contribution in [3.8, 4) is 0 Å². The minimum atomic E-state index is -0.0729. The Balaban J connectivity index is 1.80. The second-order valence-electron chi connectivity index (χ2n) is 4.86. The maximum Gasteiger partial charge on any atom is 0.272 e. The molecule has 0 aliphatic carbocycles. The van der Waals surface area contributed by atoms with Gasteiger partial charge in [0.15, 0.2) is 0 Å². The lowest BCUT2D eigenvalue weighted by molar-refractivity contribution is 0.101. The number of nitrogens with one attached hydrogen (secondary N) is 2. The molecule has 2 heterocycles. The molecular formula is C15H17N3O. The van der Waals surface area contributed by atoms with E-state index in [9.17, 15) is 4.79 Å². The van der Waals surface area contributed by atoms with Gasteiger partial charge < -0.3 is 15.2 Å². The largest absolute Gasteiger partial charge is 0.385 e. The second kappa shape index (κ2) is 4.80. The lowest BCUT2D eigenvalue weighted by Crippen LogP contribution is -2.16. The fraction of sp³-hybridized carbons (Fsp3) is 0.267. The molecule has 4 nitrogen and oxygen atoms in total. The summed E-state index contributed by atoms with van der Waals surface area (Å²) < 4.78 is 1.81. The van der Waals surface area contributed by atoms with E-state index in [0.29, 0.717) is 5.69 Å². The summed E-state index contributed by atoms with van der Waals surface area (Å²) in [6, 6.07) is 9.72. The molecule has 2 aromatic rings. The standard InChI is InChI=1S/C15H17N3O/c1-18-9-3-5-14(18)15(19)17-12-6-7-13-11(10-12)4-2-8-16-13/h3,5-7,9-10,16H,2,4,8H2,1H3,(H,17,19). The van der Waals surface area contributed by atoms with E-state index in [4.69, 9.17) is 0 Å². The third kappa shape index (κ3) is 2.34. The fourth-order valence-corrected chi connectivity index (χ4v) is 2.44. The summed E-state index contributed by atoms with van der Waals surface area (Å²) >= 11 is 0. The first-order chi connectivity index (χ1) is 9.24. The van der Waals surface area contributed by atoms with Gasteiger partial charge in [-0.3, -0.25) is 4.79 Å². The van der Waals surface area contributed by atoms with Crippen LogP contribution in [0.15, 0.2) is 36.5 Å². The predicted octanol–water partition coefficient (Wildman–Crippen LogP) is 2.64. The Labute approximate surface area is 112 Å². The number of amides is 1. The van der Waals surface area contributed by atoms with Crippen LogP contribution < -0.4 is 10.6 Å². The molecule has 1 aliphatic rings. The topological polar surface area (TPSA) is 46.1 Å². The van der Waals surface area contributed by atoms with Crippen LogP contribution in [0.2, 0.25) is 0 Å². The highest BCUT2D eigenvalue weighted by atomic mass is 16.1. The van der Waals surface area contributed by atoms with Crippen molar-refractivity contribution in [2.45, 2.75) is 12.8 Å². The van der Waals surface area contributed by atoms with Crippen LogP contribution in [0.1, 0.15) is 22.5 Å². The average Bonchev–Trinajstić information content (AvgIpc) is 2.85. The second-order valence-corrected chi connectivity index (χ2v) is 4.86. The SMILES string of the molecule is Cn1cccc1C(=O)Nc1ccc2c(c1)CCCN2. The number of rotatable bonds is 2. The number of carbonyl (C=O) groups is 1. The van der Waals surface area contributed by atoms with Crippen LogP contribution in [0, 0.1) is 0 Å². The Morgan fingerprint density at radius 2 is 2.26 bits per heavy atom. The van der Waals surface area contributed by atoms with Gasteiger partial charge in [0.1, 0.15) is 5.69 Å². The van der Waals surface area contributed by atoms with E-state index in [1.54, 1.807) is 0 Å². The molecule has 19 heavy (non-hydrogen) atoms. The number of carbonyl (C=O) groups excluding carboxylic acids is 1. The van der Waals surface area contributed by atoms with Crippen molar-refractivity contribution in [3.63, 3.8) is 0 Å². The zero-order valence-electron chi connectivity index (χ0n) is 10.9. The van der Waals surface area contributed by atoms with Gasteiger partial charge in [0, 0.05) is 31.2 Å². The van der Waals surface area contributed by atoms with Crippen molar-refractivity contribution >= 4 is 17.3 Å². The van der Waals surface area contributed by atoms with Gasteiger partial charge in [-0.1, -0.05) is 0 Å². The van der Waals surface area contributed by atoms with Crippen LogP contribution >= 0.6 is 0 Å². The molecule has 0 saturated heterocycles. The zero-order valence-corrected chi connectivity index (χ0v) is 10.9. The molecule has 4 heteroatoms. The molecule has 0 bridgehead atoms. The van der Waals surface area contributed by atoms with E-state index in [1.165, 1.54) is 11.3 Å². The van der Waals surface area contributed by atoms with Gasteiger partial charge >= 0.3 is 0 Å². The normalized spacial score (nSPS) is 13.5. The number of nitrogens with zero attached hydrogens (tertiary/aromatic N) is 1. The summed E-state index contributed by atoms with van der Waals surface area (Å²) in [5.74, 6) is -0.0729. The molecule has 1 aromatic carbocycles. The van der Waals surface area contributed by atoms with Crippen LogP contribution in [-0.4, -0.2) is 17.0 Å². The number of hydrogen-bond donors (Lipinski definition) is 2. The molecule has 1 aliphatic heterocycles. The maximum absolute atomic E-state index is 12.1. The molecule has 0 atom stereocenters. The Bertz CT molecular complexity index is 616. The first kappa shape index (κ1) is 11.8. The van der Waals surface area contributed by atoms with Crippen LogP contribution in [-0.2, 0) is 13.5 Å². The van der Waals surface area contributed by atoms with Gasteiger partial charge in [-0.25, -0.2) is 0 Å². The summed E-state index contributed by atoms with van der Waals surface area (Å²) in [4.78, 5) is 12.1. The Morgan fingerprint density at radius 3 is 3.05 bits per heavy atom. The summed E-state index contributed by atoms with van der Waals surface area (Å²) in [6.45, 7) is 1.03. The van der Waals surface area contributed by atoms with Crippen molar-refractivity contribution in [1.29, 1.82) is 0 Å². The van der Waals surface area contributed by atoms with Gasteiger partial charge in [0.25, 0.3) is 5.91 Å². The smallest absolute Gasteiger partial charge is 0.272 e. The number of fused-ring (bicyclic) bond motifs is 1. The third-order valence-electron chi connectivity index (χ3n) is 3.48. The number of aryl methyl sites for hydroxylation is 2. The molecule has 1 amide bonds. The van der Waals surface area contributed by atoms with E-state index >= 15 is 0 Å². The summed E-state index contributed by atoms with van der Waals surface area (Å²) in [6.07, 6.45) is 4.07. The van der Waals surface area contributed by atoms with E-state index in [0.717, 1.165) is 25.1 Å². The highest BCUT2D eigenvalue weighted by molar-refractivity contribution is 6.03. The first-order valence-corrected chi connectivity index (χ1v) is 6.53. The minimum absolute atomic E-state index is 0.0729. The third-order valence-corrected chi connectivity index (χ3v) is 3.48. The highest BCUT2D eigenvalue weighted by Gasteiger charge is 2.12. The quantitative estimate of drug-likeness (QED) is 0.866. The molecule has 0 fully saturated rings. The molecular weight excluding hydrogens is 238 g/mol. The van der Waals surface area contributed by atoms with E-state index in [2.05, 4.69) is 16.7 Å². The van der Waals surface area contributed by atoms with Crippen LogP contribution in [0.5, 0.6) is 0 Å². The van der Waals surface area contributed by atoms with Crippen LogP contribution in [0.4, 0.5) is 11.4 Å². The highest BCUT2D eigenvalue weighted by Crippen LogP contribution is 2.25. The lowest BCUT2D eigenvalue weighted by Gasteiger charge is -2.18. The van der Waals surface area contributed by atoms with Crippen molar-refractivity contribution in [2.75, 3.05) is 17.2 Å². The minimum Gasteiger partial charge on any atom is -0.385 e. The molecule has 98 valence electrons.